The molecule has 1 aromatic carbocycles. The molecular weight excluding hydrogens is 340 g/mol. The molecule has 1 heterocycles. The van der Waals surface area contributed by atoms with Crippen molar-refractivity contribution in [1.82, 2.24) is 4.90 Å². The minimum Gasteiger partial charge on any atom is -0.500 e. The molecule has 0 bridgehead atoms. The summed E-state index contributed by atoms with van der Waals surface area (Å²) in [6.45, 7) is 0.335. The van der Waals surface area contributed by atoms with E-state index in [4.69, 9.17) is 9.47 Å². The van der Waals surface area contributed by atoms with Crippen LogP contribution in [0.2, 0.25) is 0 Å². The number of methoxy groups -OCH3 is 2. The lowest BCUT2D eigenvalue weighted by Crippen LogP contribution is -2.31. The van der Waals surface area contributed by atoms with Crippen LogP contribution < -0.4 is 4.74 Å². The molecule has 0 spiro atoms. The van der Waals surface area contributed by atoms with Crippen molar-refractivity contribution in [2.75, 3.05) is 27.4 Å². The van der Waals surface area contributed by atoms with Crippen LogP contribution in [0.15, 0.2) is 17.0 Å². The maximum atomic E-state index is 12.2. The SMILES string of the molecule is COCCN1C(=O)S/C(=C/c2cc(OC)c(O)c([N+](=O)[O-])c2)C1=O. The molecule has 9 nitrogen and oxygen atoms in total. The van der Waals surface area contributed by atoms with Gasteiger partial charge < -0.3 is 14.6 Å². The van der Waals surface area contributed by atoms with Gasteiger partial charge in [-0.15, -0.1) is 0 Å². The van der Waals surface area contributed by atoms with Gasteiger partial charge in [-0.2, -0.15) is 0 Å². The highest BCUT2D eigenvalue weighted by Crippen LogP contribution is 2.39. The van der Waals surface area contributed by atoms with Crippen molar-refractivity contribution in [3.8, 4) is 11.5 Å². The number of phenols is 1. The maximum Gasteiger partial charge on any atom is 0.315 e. The van der Waals surface area contributed by atoms with Crippen LogP contribution >= 0.6 is 11.8 Å². The molecule has 24 heavy (non-hydrogen) atoms. The van der Waals surface area contributed by atoms with Gasteiger partial charge in [-0.25, -0.2) is 0 Å². The monoisotopic (exact) mass is 354 g/mol. The number of imide groups is 1. The van der Waals surface area contributed by atoms with Crippen LogP contribution in [0.3, 0.4) is 0 Å². The van der Waals surface area contributed by atoms with Crippen LogP contribution in [0.25, 0.3) is 6.08 Å². The number of rotatable bonds is 6. The number of nitro groups is 1. The lowest BCUT2D eigenvalue weighted by Gasteiger charge is -2.10. The van der Waals surface area contributed by atoms with Gasteiger partial charge in [0.2, 0.25) is 5.75 Å². The third-order valence-electron chi connectivity index (χ3n) is 3.18. The largest absolute Gasteiger partial charge is 0.500 e. The predicted octanol–water partition coefficient (Wildman–Crippen LogP) is 1.99. The molecule has 1 aliphatic heterocycles. The quantitative estimate of drug-likeness (QED) is 0.468. The number of nitro benzene ring substituents is 1. The first kappa shape index (κ1) is 17.8. The van der Waals surface area contributed by atoms with E-state index in [9.17, 15) is 24.8 Å². The first-order valence-corrected chi connectivity index (χ1v) is 7.50. The molecule has 1 aliphatic rings. The minimum atomic E-state index is -0.764. The Kier molecular flexibility index (Phi) is 5.42. The molecule has 10 heteroatoms. The zero-order valence-electron chi connectivity index (χ0n) is 12.8. The molecule has 0 unspecified atom stereocenters. The average Bonchev–Trinajstić information content (AvgIpc) is 2.80. The summed E-state index contributed by atoms with van der Waals surface area (Å²) >= 11 is 0.729. The van der Waals surface area contributed by atoms with Crippen molar-refractivity contribution in [3.05, 3.63) is 32.7 Å². The summed E-state index contributed by atoms with van der Waals surface area (Å²) in [6, 6.07) is 2.44. The molecule has 0 atom stereocenters. The van der Waals surface area contributed by atoms with Crippen molar-refractivity contribution < 1.29 is 29.1 Å². The Bertz CT molecular complexity index is 732. The molecule has 1 fully saturated rings. The highest BCUT2D eigenvalue weighted by molar-refractivity contribution is 8.18. The van der Waals surface area contributed by atoms with E-state index in [1.807, 2.05) is 0 Å². The van der Waals surface area contributed by atoms with Crippen LogP contribution in [0, 0.1) is 10.1 Å². The van der Waals surface area contributed by atoms with Gasteiger partial charge in [-0.1, -0.05) is 0 Å². The molecule has 1 N–H and O–H groups in total. The molecule has 128 valence electrons. The number of amides is 2. The number of thioether (sulfide) groups is 1. The average molecular weight is 354 g/mol. The summed E-state index contributed by atoms with van der Waals surface area (Å²) in [5, 5.41) is 20.3. The summed E-state index contributed by atoms with van der Waals surface area (Å²) in [5.41, 5.74) is -0.298. The highest BCUT2D eigenvalue weighted by Gasteiger charge is 2.34. The van der Waals surface area contributed by atoms with Crippen molar-refractivity contribution in [2.24, 2.45) is 0 Å². The Labute approximate surface area is 141 Å². The van der Waals surface area contributed by atoms with Crippen LogP contribution in [0.4, 0.5) is 10.5 Å². The highest BCUT2D eigenvalue weighted by atomic mass is 32.2. The fourth-order valence-corrected chi connectivity index (χ4v) is 2.88. The summed E-state index contributed by atoms with van der Waals surface area (Å²) in [5.74, 6) is -1.21. The van der Waals surface area contributed by atoms with Crippen LogP contribution in [0.1, 0.15) is 5.56 Å². The van der Waals surface area contributed by atoms with E-state index in [1.54, 1.807) is 0 Å². The first-order valence-electron chi connectivity index (χ1n) is 6.68. The number of carbonyl (C=O) groups excluding carboxylic acids is 2. The Morgan fingerprint density at radius 3 is 2.67 bits per heavy atom. The fraction of sp³-hybridized carbons (Fsp3) is 0.286. The van der Waals surface area contributed by atoms with Crippen LogP contribution in [-0.2, 0) is 9.53 Å². The number of carbonyl (C=O) groups is 2. The standard InChI is InChI=1S/C14H14N2O7S/c1-22-4-3-15-13(18)11(24-14(15)19)7-8-5-9(16(20)21)12(17)10(6-8)23-2/h5-7,17H,3-4H2,1-2H3/b11-7+. The Hall–Kier alpha value is -2.59. The predicted molar refractivity (Wildman–Crippen MR) is 85.9 cm³/mol. The summed E-state index contributed by atoms with van der Waals surface area (Å²) < 4.78 is 9.74. The van der Waals surface area contributed by atoms with E-state index in [0.29, 0.717) is 0 Å². The number of hydrogen-bond acceptors (Lipinski definition) is 8. The van der Waals surface area contributed by atoms with Gasteiger partial charge in [0.05, 0.1) is 30.1 Å². The second-order valence-corrected chi connectivity index (χ2v) is 5.67. The van der Waals surface area contributed by atoms with E-state index < -0.39 is 27.5 Å². The first-order chi connectivity index (χ1) is 11.4. The van der Waals surface area contributed by atoms with E-state index in [0.717, 1.165) is 22.7 Å². The third kappa shape index (κ3) is 3.49. The van der Waals surface area contributed by atoms with Crippen LogP contribution in [-0.4, -0.2) is 53.4 Å². The minimum absolute atomic E-state index is 0.103. The number of phenolic OH excluding ortho intramolecular Hbond substituents is 1. The Morgan fingerprint density at radius 2 is 2.08 bits per heavy atom. The topological polar surface area (TPSA) is 119 Å². The number of benzene rings is 1. The van der Waals surface area contributed by atoms with Crippen molar-refractivity contribution in [3.63, 3.8) is 0 Å². The second kappa shape index (κ2) is 7.32. The number of hydrogen-bond donors (Lipinski definition) is 1. The van der Waals surface area contributed by atoms with Gasteiger partial charge in [0, 0.05) is 13.2 Å². The van der Waals surface area contributed by atoms with Gasteiger partial charge >= 0.3 is 5.69 Å². The fourth-order valence-electron chi connectivity index (χ4n) is 2.02. The molecule has 0 radical (unpaired) electrons. The second-order valence-electron chi connectivity index (χ2n) is 4.67. The van der Waals surface area contributed by atoms with E-state index >= 15 is 0 Å². The number of ether oxygens (including phenoxy) is 2. The summed E-state index contributed by atoms with van der Waals surface area (Å²) in [6.07, 6.45) is 1.34. The van der Waals surface area contributed by atoms with Crippen molar-refractivity contribution in [1.29, 1.82) is 0 Å². The maximum absolute atomic E-state index is 12.2. The number of nitrogens with zero attached hydrogens (tertiary/aromatic N) is 2. The van der Waals surface area contributed by atoms with Crippen LogP contribution in [0.5, 0.6) is 11.5 Å². The Morgan fingerprint density at radius 1 is 1.38 bits per heavy atom. The van der Waals surface area contributed by atoms with Gasteiger partial charge in [0.25, 0.3) is 11.1 Å². The molecule has 1 aromatic rings. The molecule has 0 saturated carbocycles. The van der Waals surface area contributed by atoms with E-state index in [2.05, 4.69) is 0 Å². The van der Waals surface area contributed by atoms with E-state index in [1.165, 1.54) is 26.4 Å². The Balaban J connectivity index is 2.38. The molecular formula is C14H14N2O7S. The molecule has 2 rings (SSSR count). The van der Waals surface area contributed by atoms with Crippen molar-refractivity contribution in [2.45, 2.75) is 0 Å². The lowest BCUT2D eigenvalue weighted by atomic mass is 10.1. The van der Waals surface area contributed by atoms with Gasteiger partial charge in [-0.05, 0) is 29.5 Å². The zero-order chi connectivity index (χ0) is 17.9. The smallest absolute Gasteiger partial charge is 0.315 e. The molecule has 1 saturated heterocycles. The van der Waals surface area contributed by atoms with Gasteiger partial charge in [-0.3, -0.25) is 24.6 Å². The third-order valence-corrected chi connectivity index (χ3v) is 4.09. The normalized spacial score (nSPS) is 16.1. The van der Waals surface area contributed by atoms with E-state index in [-0.39, 0.29) is 29.4 Å². The molecule has 2 amide bonds. The van der Waals surface area contributed by atoms with Gasteiger partial charge in [0.15, 0.2) is 5.75 Å². The zero-order valence-corrected chi connectivity index (χ0v) is 13.7. The summed E-state index contributed by atoms with van der Waals surface area (Å²) in [4.78, 5) is 35.4. The van der Waals surface area contributed by atoms with Gasteiger partial charge in [0.1, 0.15) is 0 Å². The molecule has 0 aliphatic carbocycles. The lowest BCUT2D eigenvalue weighted by molar-refractivity contribution is -0.386. The van der Waals surface area contributed by atoms with Crippen molar-refractivity contribution >= 4 is 34.7 Å². The number of aromatic hydroxyl groups is 1. The molecule has 0 aromatic heterocycles. The summed E-state index contributed by atoms with van der Waals surface area (Å²) in [7, 11) is 2.71.